The zero-order valence-corrected chi connectivity index (χ0v) is 10.4. The van der Waals surface area contributed by atoms with E-state index >= 15 is 0 Å². The molecule has 2 N–H and O–H groups in total. The third-order valence-electron chi connectivity index (χ3n) is 2.57. The van der Waals surface area contributed by atoms with E-state index in [1.165, 1.54) is 0 Å². The number of halogens is 3. The fourth-order valence-corrected chi connectivity index (χ4v) is 1.66. The molecule has 0 aliphatic carbocycles. The monoisotopic (exact) mass is 293 g/mol. The third kappa shape index (κ3) is 4.26. The molecule has 112 valence electrons. The van der Waals surface area contributed by atoms with Crippen LogP contribution in [0.15, 0.2) is 18.2 Å². The average Bonchev–Trinajstić information content (AvgIpc) is 2.42. The number of rotatable bonds is 5. The van der Waals surface area contributed by atoms with Crippen molar-refractivity contribution in [2.75, 3.05) is 26.4 Å². The van der Waals surface area contributed by atoms with Crippen molar-refractivity contribution in [2.45, 2.75) is 12.3 Å². The number of hydrogen-bond acceptors (Lipinski definition) is 5. The standard InChI is InChI=1S/C12H14F3NO4/c13-12(14,15)7-20-16-6-9(17)8-1-2-10-11(5-8)19-4-3-18-10/h1-2,5,9,16-17H,3-4,6-7H2. The predicted octanol–water partition coefficient (Wildman–Crippen LogP) is 1.57. The van der Waals surface area contributed by atoms with Gasteiger partial charge in [-0.1, -0.05) is 6.07 Å². The molecule has 1 unspecified atom stereocenters. The highest BCUT2D eigenvalue weighted by molar-refractivity contribution is 5.44. The summed E-state index contributed by atoms with van der Waals surface area (Å²) in [7, 11) is 0. The molecule has 8 heteroatoms. The lowest BCUT2D eigenvalue weighted by atomic mass is 10.1. The van der Waals surface area contributed by atoms with Crippen LogP contribution in [-0.2, 0) is 4.84 Å². The minimum absolute atomic E-state index is 0.171. The number of aliphatic hydroxyl groups is 1. The molecule has 0 saturated heterocycles. The van der Waals surface area contributed by atoms with E-state index in [1.807, 2.05) is 0 Å². The molecule has 20 heavy (non-hydrogen) atoms. The van der Waals surface area contributed by atoms with Gasteiger partial charge in [0, 0.05) is 0 Å². The predicted molar refractivity (Wildman–Crippen MR) is 62.4 cm³/mol. The number of hydroxylamine groups is 1. The van der Waals surface area contributed by atoms with Crippen molar-refractivity contribution in [3.63, 3.8) is 0 Å². The van der Waals surface area contributed by atoms with E-state index in [0.29, 0.717) is 30.3 Å². The van der Waals surface area contributed by atoms with Crippen LogP contribution in [0.3, 0.4) is 0 Å². The van der Waals surface area contributed by atoms with Crippen molar-refractivity contribution in [1.82, 2.24) is 5.48 Å². The molecule has 0 radical (unpaired) electrons. The van der Waals surface area contributed by atoms with Gasteiger partial charge in [0.05, 0.1) is 12.6 Å². The number of hydrogen-bond donors (Lipinski definition) is 2. The summed E-state index contributed by atoms with van der Waals surface area (Å²) in [5.74, 6) is 1.08. The lowest BCUT2D eigenvalue weighted by Gasteiger charge is -2.20. The van der Waals surface area contributed by atoms with Gasteiger partial charge in [-0.2, -0.15) is 18.7 Å². The Hall–Kier alpha value is -1.51. The molecule has 1 heterocycles. The Labute approximate surface area is 113 Å². The van der Waals surface area contributed by atoms with Crippen molar-refractivity contribution in [1.29, 1.82) is 0 Å². The average molecular weight is 293 g/mol. The van der Waals surface area contributed by atoms with Gasteiger partial charge in [0.25, 0.3) is 0 Å². The van der Waals surface area contributed by atoms with Crippen LogP contribution in [0.25, 0.3) is 0 Å². The van der Waals surface area contributed by atoms with Crippen LogP contribution < -0.4 is 15.0 Å². The van der Waals surface area contributed by atoms with E-state index in [1.54, 1.807) is 18.2 Å². The second kappa shape index (κ2) is 6.29. The molecule has 1 aliphatic rings. The lowest BCUT2D eigenvalue weighted by molar-refractivity contribution is -0.191. The van der Waals surface area contributed by atoms with Crippen LogP contribution >= 0.6 is 0 Å². The number of benzene rings is 1. The Morgan fingerprint density at radius 1 is 1.25 bits per heavy atom. The fourth-order valence-electron chi connectivity index (χ4n) is 1.66. The van der Waals surface area contributed by atoms with Crippen molar-refractivity contribution < 1.29 is 32.6 Å². The number of nitrogens with one attached hydrogen (secondary N) is 1. The molecule has 1 atom stereocenters. The number of alkyl halides is 3. The molecular weight excluding hydrogens is 279 g/mol. The minimum atomic E-state index is -4.41. The summed E-state index contributed by atoms with van der Waals surface area (Å²) < 4.78 is 46.2. The number of fused-ring (bicyclic) bond motifs is 1. The van der Waals surface area contributed by atoms with Gasteiger partial charge < -0.3 is 14.6 Å². The highest BCUT2D eigenvalue weighted by Crippen LogP contribution is 2.32. The highest BCUT2D eigenvalue weighted by atomic mass is 19.4. The Bertz CT molecular complexity index is 453. The van der Waals surface area contributed by atoms with E-state index in [4.69, 9.17) is 9.47 Å². The van der Waals surface area contributed by atoms with Gasteiger partial charge in [-0.05, 0) is 17.7 Å². The topological polar surface area (TPSA) is 60.0 Å². The summed E-state index contributed by atoms with van der Waals surface area (Å²) in [6, 6.07) is 4.85. The van der Waals surface area contributed by atoms with Gasteiger partial charge in [0.2, 0.25) is 0 Å². The Morgan fingerprint density at radius 3 is 2.65 bits per heavy atom. The Kier molecular flexibility index (Phi) is 4.69. The maximum atomic E-state index is 11.8. The molecule has 0 fully saturated rings. The smallest absolute Gasteiger partial charge is 0.413 e. The van der Waals surface area contributed by atoms with Crippen LogP contribution in [-0.4, -0.2) is 37.6 Å². The maximum absolute atomic E-state index is 11.8. The molecule has 0 aromatic heterocycles. The molecule has 2 rings (SSSR count). The summed E-state index contributed by atoms with van der Waals surface area (Å²) in [5.41, 5.74) is 2.58. The third-order valence-corrected chi connectivity index (χ3v) is 2.57. The molecular formula is C12H14F3NO4. The molecule has 0 saturated carbocycles. The second-order valence-electron chi connectivity index (χ2n) is 4.17. The first-order valence-corrected chi connectivity index (χ1v) is 5.95. The number of aliphatic hydroxyl groups excluding tert-OH is 1. The normalized spacial score (nSPS) is 16.0. The first kappa shape index (κ1) is 14.9. The summed E-state index contributed by atoms with van der Waals surface area (Å²) in [6.45, 7) is -0.711. The first-order valence-electron chi connectivity index (χ1n) is 5.95. The lowest BCUT2D eigenvalue weighted by Crippen LogP contribution is -2.28. The summed E-state index contributed by atoms with van der Waals surface area (Å²) in [6.07, 6.45) is -5.42. The van der Waals surface area contributed by atoms with Gasteiger partial charge >= 0.3 is 6.18 Å². The highest BCUT2D eigenvalue weighted by Gasteiger charge is 2.27. The van der Waals surface area contributed by atoms with Crippen LogP contribution in [0, 0.1) is 0 Å². The van der Waals surface area contributed by atoms with Crippen LogP contribution in [0.4, 0.5) is 13.2 Å². The van der Waals surface area contributed by atoms with Crippen LogP contribution in [0.1, 0.15) is 11.7 Å². The Balaban J connectivity index is 1.84. The SMILES string of the molecule is OC(CNOCC(F)(F)F)c1ccc2c(c1)OCCO2. The van der Waals surface area contributed by atoms with E-state index in [2.05, 4.69) is 10.3 Å². The Morgan fingerprint density at radius 2 is 1.95 bits per heavy atom. The van der Waals surface area contributed by atoms with Crippen molar-refractivity contribution in [2.24, 2.45) is 0 Å². The van der Waals surface area contributed by atoms with Gasteiger partial charge in [-0.25, -0.2) is 0 Å². The van der Waals surface area contributed by atoms with Gasteiger partial charge in [-0.3, -0.25) is 4.84 Å². The molecule has 1 aromatic carbocycles. The van der Waals surface area contributed by atoms with E-state index in [-0.39, 0.29) is 6.54 Å². The fraction of sp³-hybridized carbons (Fsp3) is 0.500. The molecule has 1 aliphatic heterocycles. The largest absolute Gasteiger partial charge is 0.486 e. The van der Waals surface area contributed by atoms with E-state index in [0.717, 1.165) is 0 Å². The quantitative estimate of drug-likeness (QED) is 0.637. The van der Waals surface area contributed by atoms with Crippen molar-refractivity contribution >= 4 is 0 Å². The van der Waals surface area contributed by atoms with Gasteiger partial charge in [0.1, 0.15) is 13.2 Å². The molecule has 0 bridgehead atoms. The molecule has 0 amide bonds. The van der Waals surface area contributed by atoms with Crippen molar-refractivity contribution in [3.05, 3.63) is 23.8 Å². The van der Waals surface area contributed by atoms with E-state index < -0.39 is 18.9 Å². The minimum Gasteiger partial charge on any atom is -0.486 e. The zero-order valence-electron chi connectivity index (χ0n) is 10.4. The van der Waals surface area contributed by atoms with Gasteiger partial charge in [0.15, 0.2) is 18.1 Å². The van der Waals surface area contributed by atoms with Gasteiger partial charge in [-0.15, -0.1) is 0 Å². The zero-order chi connectivity index (χ0) is 14.6. The molecule has 0 spiro atoms. The summed E-state index contributed by atoms with van der Waals surface area (Å²) in [5, 5.41) is 9.83. The van der Waals surface area contributed by atoms with E-state index in [9.17, 15) is 18.3 Å². The molecule has 5 nitrogen and oxygen atoms in total. The summed E-state index contributed by atoms with van der Waals surface area (Å²) >= 11 is 0. The maximum Gasteiger partial charge on any atom is 0.413 e. The van der Waals surface area contributed by atoms with Crippen molar-refractivity contribution in [3.8, 4) is 11.5 Å². The molecule has 1 aromatic rings. The van der Waals surface area contributed by atoms with Crippen LogP contribution in [0.2, 0.25) is 0 Å². The number of ether oxygens (including phenoxy) is 2. The first-order chi connectivity index (χ1) is 9.46. The summed E-state index contributed by atoms with van der Waals surface area (Å²) in [4.78, 5) is 4.21. The van der Waals surface area contributed by atoms with Crippen LogP contribution in [0.5, 0.6) is 11.5 Å². The second-order valence-corrected chi connectivity index (χ2v) is 4.17.